The van der Waals surface area contributed by atoms with Crippen LogP contribution in [0.2, 0.25) is 0 Å². The van der Waals surface area contributed by atoms with E-state index in [2.05, 4.69) is 6.92 Å². The van der Waals surface area contributed by atoms with E-state index in [0.717, 1.165) is 48.1 Å². The summed E-state index contributed by atoms with van der Waals surface area (Å²) in [6.07, 6.45) is 4.85. The van der Waals surface area contributed by atoms with Crippen LogP contribution in [0.3, 0.4) is 0 Å². The molecule has 5 nitrogen and oxygen atoms in total. The molecule has 0 aliphatic carbocycles. The molecule has 1 saturated heterocycles. The predicted molar refractivity (Wildman–Crippen MR) is 83.6 cm³/mol. The van der Waals surface area contributed by atoms with Gasteiger partial charge in [0, 0.05) is 18.0 Å². The van der Waals surface area contributed by atoms with Gasteiger partial charge in [0.05, 0.1) is 6.42 Å². The Labute approximate surface area is 130 Å². The Morgan fingerprint density at radius 3 is 2.57 bits per heavy atom. The molecule has 0 bridgehead atoms. The second-order valence-electron chi connectivity index (χ2n) is 5.56. The van der Waals surface area contributed by atoms with Crippen LogP contribution in [-0.2, 0) is 21.2 Å². The van der Waals surface area contributed by atoms with Crippen molar-refractivity contribution in [2.75, 3.05) is 13.1 Å². The van der Waals surface area contributed by atoms with E-state index in [4.69, 9.17) is 5.14 Å². The number of thiophene rings is 1. The lowest BCUT2D eigenvalue weighted by atomic mass is 9.92. The van der Waals surface area contributed by atoms with Crippen LogP contribution in [0.15, 0.2) is 16.3 Å². The molecule has 1 aliphatic heterocycles. The molecule has 1 amide bonds. The fourth-order valence-electron chi connectivity index (χ4n) is 2.75. The zero-order valence-corrected chi connectivity index (χ0v) is 13.9. The highest BCUT2D eigenvalue weighted by molar-refractivity contribution is 7.91. The smallest absolute Gasteiger partial charge is 0.247 e. The molecule has 1 aliphatic rings. The van der Waals surface area contributed by atoms with Crippen LogP contribution in [-0.4, -0.2) is 32.3 Å². The van der Waals surface area contributed by atoms with Crippen LogP contribution >= 0.6 is 11.3 Å². The second kappa shape index (κ2) is 6.89. The van der Waals surface area contributed by atoms with Gasteiger partial charge in [-0.05, 0) is 30.9 Å². The summed E-state index contributed by atoms with van der Waals surface area (Å²) >= 11 is 1.08. The maximum atomic E-state index is 12.2. The molecule has 0 aromatic carbocycles. The fraction of sp³-hybridized carbons (Fsp3) is 0.643. The fourth-order valence-corrected chi connectivity index (χ4v) is 4.52. The van der Waals surface area contributed by atoms with E-state index in [9.17, 15) is 13.2 Å². The van der Waals surface area contributed by atoms with Crippen molar-refractivity contribution in [2.24, 2.45) is 11.1 Å². The first-order valence-electron chi connectivity index (χ1n) is 7.29. The first-order valence-corrected chi connectivity index (χ1v) is 9.65. The Hall–Kier alpha value is -0.920. The summed E-state index contributed by atoms with van der Waals surface area (Å²) in [4.78, 5) is 14.9. The lowest BCUT2D eigenvalue weighted by molar-refractivity contribution is -0.131. The standard InChI is InChI=1S/C14H22N2O3S2/c1-2-3-11-6-8-16(9-7-11)13(17)10-12-4-5-14(20-12)21(15,18)19/h4-5,11H,2-3,6-10H2,1H3,(H2,15,18,19). The van der Waals surface area contributed by atoms with Crippen LogP contribution in [0.5, 0.6) is 0 Å². The molecule has 1 fully saturated rings. The van der Waals surface area contributed by atoms with Crippen molar-refractivity contribution in [3.63, 3.8) is 0 Å². The largest absolute Gasteiger partial charge is 0.342 e. The van der Waals surface area contributed by atoms with Gasteiger partial charge in [-0.1, -0.05) is 19.8 Å². The molecule has 2 heterocycles. The number of primary sulfonamides is 1. The molecule has 2 N–H and O–H groups in total. The Morgan fingerprint density at radius 1 is 1.38 bits per heavy atom. The number of rotatable bonds is 5. The van der Waals surface area contributed by atoms with Gasteiger partial charge in [0.1, 0.15) is 4.21 Å². The van der Waals surface area contributed by atoms with E-state index in [0.29, 0.717) is 0 Å². The van der Waals surface area contributed by atoms with Crippen LogP contribution in [0.1, 0.15) is 37.5 Å². The van der Waals surface area contributed by atoms with Crippen molar-refractivity contribution in [3.05, 3.63) is 17.0 Å². The third-order valence-electron chi connectivity index (χ3n) is 3.91. The normalized spacial score (nSPS) is 17.1. The highest BCUT2D eigenvalue weighted by Gasteiger charge is 2.23. The zero-order chi connectivity index (χ0) is 15.5. The van der Waals surface area contributed by atoms with E-state index in [-0.39, 0.29) is 16.5 Å². The highest BCUT2D eigenvalue weighted by Crippen LogP contribution is 2.24. The van der Waals surface area contributed by atoms with Crippen molar-refractivity contribution in [1.29, 1.82) is 0 Å². The van der Waals surface area contributed by atoms with Crippen LogP contribution in [0.4, 0.5) is 0 Å². The summed E-state index contributed by atoms with van der Waals surface area (Å²) < 4.78 is 22.6. The monoisotopic (exact) mass is 330 g/mol. The van der Waals surface area contributed by atoms with Gasteiger partial charge >= 0.3 is 0 Å². The predicted octanol–water partition coefficient (Wildman–Crippen LogP) is 1.98. The molecule has 0 unspecified atom stereocenters. The lowest BCUT2D eigenvalue weighted by Gasteiger charge is -2.31. The van der Waals surface area contributed by atoms with Crippen molar-refractivity contribution in [2.45, 2.75) is 43.2 Å². The second-order valence-corrected chi connectivity index (χ2v) is 8.51. The Morgan fingerprint density at radius 2 is 2.05 bits per heavy atom. The highest BCUT2D eigenvalue weighted by atomic mass is 32.2. The van der Waals surface area contributed by atoms with E-state index in [1.807, 2.05) is 4.90 Å². The molecule has 0 radical (unpaired) electrons. The quantitative estimate of drug-likeness (QED) is 0.896. The summed E-state index contributed by atoms with van der Waals surface area (Å²) in [6, 6.07) is 3.14. The van der Waals surface area contributed by atoms with E-state index in [1.165, 1.54) is 18.9 Å². The molecule has 0 atom stereocenters. The van der Waals surface area contributed by atoms with Crippen LogP contribution in [0, 0.1) is 5.92 Å². The Bertz CT molecular complexity index is 587. The van der Waals surface area contributed by atoms with Gasteiger partial charge in [0.25, 0.3) is 0 Å². The number of carbonyl (C=O) groups is 1. The molecule has 2 rings (SSSR count). The average Bonchev–Trinajstić information content (AvgIpc) is 2.88. The SMILES string of the molecule is CCCC1CCN(C(=O)Cc2ccc(S(N)(=O)=O)s2)CC1. The number of piperidine rings is 1. The van der Waals surface area contributed by atoms with Crippen molar-refractivity contribution >= 4 is 27.3 Å². The molecular formula is C14H22N2O3S2. The Balaban J connectivity index is 1.89. The number of amides is 1. The minimum Gasteiger partial charge on any atom is -0.342 e. The number of sulfonamides is 1. The van der Waals surface area contributed by atoms with Crippen molar-refractivity contribution < 1.29 is 13.2 Å². The number of likely N-dealkylation sites (tertiary alicyclic amines) is 1. The van der Waals surface area contributed by atoms with Gasteiger partial charge in [0.15, 0.2) is 0 Å². The molecule has 0 saturated carbocycles. The number of hydrogen-bond acceptors (Lipinski definition) is 4. The van der Waals surface area contributed by atoms with Gasteiger partial charge in [-0.25, -0.2) is 13.6 Å². The van der Waals surface area contributed by atoms with E-state index < -0.39 is 10.0 Å². The molecule has 7 heteroatoms. The maximum Gasteiger partial charge on any atom is 0.247 e. The third-order valence-corrected chi connectivity index (χ3v) is 6.43. The average molecular weight is 330 g/mol. The van der Waals surface area contributed by atoms with Gasteiger partial charge in [-0.3, -0.25) is 4.79 Å². The minimum atomic E-state index is -3.66. The molecule has 1 aromatic heterocycles. The number of hydrogen-bond donors (Lipinski definition) is 1. The molecule has 21 heavy (non-hydrogen) atoms. The third kappa shape index (κ3) is 4.52. The summed E-state index contributed by atoms with van der Waals surface area (Å²) in [6.45, 7) is 3.82. The van der Waals surface area contributed by atoms with Crippen molar-refractivity contribution in [3.8, 4) is 0 Å². The van der Waals surface area contributed by atoms with Crippen LogP contribution in [0.25, 0.3) is 0 Å². The number of nitrogens with zero attached hydrogens (tertiary/aromatic N) is 1. The van der Waals surface area contributed by atoms with E-state index in [1.54, 1.807) is 6.07 Å². The maximum absolute atomic E-state index is 12.2. The molecule has 0 spiro atoms. The van der Waals surface area contributed by atoms with Crippen LogP contribution < -0.4 is 5.14 Å². The molecule has 1 aromatic rings. The first-order chi connectivity index (χ1) is 9.90. The summed E-state index contributed by atoms with van der Waals surface area (Å²) in [5.41, 5.74) is 0. The number of nitrogens with two attached hydrogens (primary N) is 1. The molecule has 118 valence electrons. The van der Waals surface area contributed by atoms with Gasteiger partial charge in [-0.2, -0.15) is 0 Å². The van der Waals surface area contributed by atoms with Gasteiger partial charge in [-0.15, -0.1) is 11.3 Å². The summed E-state index contributed by atoms with van der Waals surface area (Å²) in [5, 5.41) is 5.07. The molecular weight excluding hydrogens is 308 g/mol. The lowest BCUT2D eigenvalue weighted by Crippen LogP contribution is -2.39. The topological polar surface area (TPSA) is 80.5 Å². The number of carbonyl (C=O) groups excluding carboxylic acids is 1. The van der Waals surface area contributed by atoms with Gasteiger partial charge < -0.3 is 4.90 Å². The van der Waals surface area contributed by atoms with E-state index >= 15 is 0 Å². The van der Waals surface area contributed by atoms with Gasteiger partial charge in [0.2, 0.25) is 15.9 Å². The van der Waals surface area contributed by atoms with Crippen molar-refractivity contribution in [1.82, 2.24) is 4.90 Å². The Kier molecular flexibility index (Phi) is 5.40. The minimum absolute atomic E-state index is 0.0766. The zero-order valence-electron chi connectivity index (χ0n) is 12.2. The first kappa shape index (κ1) is 16.5. The summed E-state index contributed by atoms with van der Waals surface area (Å²) in [5.74, 6) is 0.822. The summed E-state index contributed by atoms with van der Waals surface area (Å²) in [7, 11) is -3.66.